The SMILES string of the molecule is CC(C)COCC(O)CNC(=O)c1sccc1C#N. The number of hydrogen-bond acceptors (Lipinski definition) is 5. The van der Waals surface area contributed by atoms with E-state index >= 15 is 0 Å². The first-order valence-electron chi connectivity index (χ1n) is 6.06. The Hall–Kier alpha value is -1.42. The molecule has 0 saturated heterocycles. The number of ether oxygens (including phenoxy) is 1. The van der Waals surface area contributed by atoms with Crippen LogP contribution in [0.3, 0.4) is 0 Å². The van der Waals surface area contributed by atoms with E-state index in [1.807, 2.05) is 19.9 Å². The quantitative estimate of drug-likeness (QED) is 0.791. The predicted octanol–water partition coefficient (Wildman–Crippen LogP) is 1.38. The number of thiophene rings is 1. The zero-order valence-electron chi connectivity index (χ0n) is 11.0. The third-order valence-corrected chi connectivity index (χ3v) is 3.16. The molecule has 1 aromatic heterocycles. The summed E-state index contributed by atoms with van der Waals surface area (Å²) in [5.41, 5.74) is 0.355. The van der Waals surface area contributed by atoms with Crippen molar-refractivity contribution in [3.8, 4) is 6.07 Å². The molecule has 0 aliphatic carbocycles. The van der Waals surface area contributed by atoms with E-state index in [0.717, 1.165) is 0 Å². The van der Waals surface area contributed by atoms with Gasteiger partial charge in [-0.3, -0.25) is 4.79 Å². The Bertz CT molecular complexity index is 451. The Labute approximate surface area is 116 Å². The molecule has 1 rings (SSSR count). The van der Waals surface area contributed by atoms with Gasteiger partial charge in [0.25, 0.3) is 5.91 Å². The van der Waals surface area contributed by atoms with Gasteiger partial charge in [0.05, 0.1) is 18.3 Å². The van der Waals surface area contributed by atoms with Crippen LogP contribution in [0.4, 0.5) is 0 Å². The smallest absolute Gasteiger partial charge is 0.262 e. The van der Waals surface area contributed by atoms with Gasteiger partial charge in [0.2, 0.25) is 0 Å². The van der Waals surface area contributed by atoms with Crippen LogP contribution in [0.15, 0.2) is 11.4 Å². The molecule has 1 atom stereocenters. The van der Waals surface area contributed by atoms with Gasteiger partial charge in [-0.15, -0.1) is 11.3 Å². The highest BCUT2D eigenvalue weighted by Crippen LogP contribution is 2.15. The summed E-state index contributed by atoms with van der Waals surface area (Å²) in [6, 6.07) is 3.55. The molecule has 1 heterocycles. The lowest BCUT2D eigenvalue weighted by Gasteiger charge is -2.13. The molecular weight excluding hydrogens is 264 g/mol. The Morgan fingerprint density at radius 2 is 2.32 bits per heavy atom. The maximum atomic E-state index is 11.8. The normalized spacial score (nSPS) is 12.2. The molecule has 19 heavy (non-hydrogen) atoms. The highest BCUT2D eigenvalue weighted by Gasteiger charge is 2.14. The van der Waals surface area contributed by atoms with Gasteiger partial charge < -0.3 is 15.2 Å². The van der Waals surface area contributed by atoms with Crippen molar-refractivity contribution in [2.24, 2.45) is 5.92 Å². The van der Waals surface area contributed by atoms with E-state index in [9.17, 15) is 9.90 Å². The summed E-state index contributed by atoms with van der Waals surface area (Å²) >= 11 is 1.21. The fraction of sp³-hybridized carbons (Fsp3) is 0.538. The Balaban J connectivity index is 2.32. The molecular formula is C13H18N2O3S. The van der Waals surface area contributed by atoms with Crippen LogP contribution in [-0.2, 0) is 4.74 Å². The topological polar surface area (TPSA) is 82.3 Å². The minimum absolute atomic E-state index is 0.111. The molecule has 5 nitrogen and oxygen atoms in total. The van der Waals surface area contributed by atoms with E-state index in [1.165, 1.54) is 11.3 Å². The highest BCUT2D eigenvalue weighted by molar-refractivity contribution is 7.12. The molecule has 0 radical (unpaired) electrons. The third kappa shape index (κ3) is 5.39. The number of amides is 1. The van der Waals surface area contributed by atoms with Gasteiger partial charge in [-0.2, -0.15) is 5.26 Å². The van der Waals surface area contributed by atoms with E-state index < -0.39 is 6.10 Å². The first-order chi connectivity index (χ1) is 9.04. The Morgan fingerprint density at radius 3 is 2.95 bits per heavy atom. The number of nitrogens with zero attached hydrogens (tertiary/aromatic N) is 1. The van der Waals surface area contributed by atoms with Crippen molar-refractivity contribution in [1.82, 2.24) is 5.32 Å². The maximum absolute atomic E-state index is 11.8. The lowest BCUT2D eigenvalue weighted by molar-refractivity contribution is 0.0259. The maximum Gasteiger partial charge on any atom is 0.262 e. The number of aliphatic hydroxyl groups is 1. The molecule has 0 saturated carbocycles. The van der Waals surface area contributed by atoms with Gasteiger partial charge in [-0.1, -0.05) is 13.8 Å². The number of hydrogen-bond donors (Lipinski definition) is 2. The molecule has 1 aromatic rings. The second-order valence-electron chi connectivity index (χ2n) is 4.57. The average Bonchev–Trinajstić information content (AvgIpc) is 2.83. The number of carbonyl (C=O) groups is 1. The largest absolute Gasteiger partial charge is 0.389 e. The van der Waals surface area contributed by atoms with Crippen LogP contribution in [0.2, 0.25) is 0 Å². The van der Waals surface area contributed by atoms with Crippen molar-refractivity contribution in [2.45, 2.75) is 20.0 Å². The zero-order chi connectivity index (χ0) is 14.3. The fourth-order valence-electron chi connectivity index (χ4n) is 1.36. The summed E-state index contributed by atoms with van der Waals surface area (Å²) < 4.78 is 5.27. The first kappa shape index (κ1) is 15.6. The Kier molecular flexibility index (Phi) is 6.50. The van der Waals surface area contributed by atoms with Crippen molar-refractivity contribution >= 4 is 17.2 Å². The van der Waals surface area contributed by atoms with Crippen molar-refractivity contribution in [1.29, 1.82) is 5.26 Å². The molecule has 104 valence electrons. The Morgan fingerprint density at radius 1 is 1.58 bits per heavy atom. The summed E-state index contributed by atoms with van der Waals surface area (Å²) in [4.78, 5) is 12.1. The molecule has 0 aliphatic rings. The van der Waals surface area contributed by atoms with Gasteiger partial charge in [0, 0.05) is 13.2 Å². The van der Waals surface area contributed by atoms with Crippen LogP contribution in [-0.4, -0.2) is 36.9 Å². The summed E-state index contributed by atoms with van der Waals surface area (Å²) in [5.74, 6) is 0.0700. The molecule has 0 aromatic carbocycles. The molecule has 0 aliphatic heterocycles. The lowest BCUT2D eigenvalue weighted by atomic mass is 10.2. The van der Waals surface area contributed by atoms with Crippen LogP contribution in [0.25, 0.3) is 0 Å². The van der Waals surface area contributed by atoms with Crippen LogP contribution in [0, 0.1) is 17.2 Å². The van der Waals surface area contributed by atoms with Crippen LogP contribution >= 0.6 is 11.3 Å². The summed E-state index contributed by atoms with van der Waals surface area (Å²) in [7, 11) is 0. The number of rotatable bonds is 7. The van der Waals surface area contributed by atoms with Crippen LogP contribution in [0.5, 0.6) is 0 Å². The summed E-state index contributed by atoms with van der Waals surface area (Å²) in [6.45, 7) is 4.92. The second kappa shape index (κ2) is 7.89. The van der Waals surface area contributed by atoms with Crippen LogP contribution in [0.1, 0.15) is 29.1 Å². The molecule has 0 fully saturated rings. The van der Waals surface area contributed by atoms with Crippen molar-refractivity contribution in [2.75, 3.05) is 19.8 Å². The molecule has 1 amide bonds. The fourth-order valence-corrected chi connectivity index (χ4v) is 2.12. The standard InChI is InChI=1S/C13H18N2O3S/c1-9(2)7-18-8-11(16)6-15-13(17)12-10(5-14)3-4-19-12/h3-4,9,11,16H,6-8H2,1-2H3,(H,15,17). The highest BCUT2D eigenvalue weighted by atomic mass is 32.1. The minimum Gasteiger partial charge on any atom is -0.389 e. The van der Waals surface area contributed by atoms with E-state index in [2.05, 4.69) is 5.32 Å². The van der Waals surface area contributed by atoms with Gasteiger partial charge in [-0.05, 0) is 17.4 Å². The number of aliphatic hydroxyl groups excluding tert-OH is 1. The van der Waals surface area contributed by atoms with Crippen LogP contribution < -0.4 is 5.32 Å². The molecule has 0 bridgehead atoms. The van der Waals surface area contributed by atoms with Gasteiger partial charge in [0.1, 0.15) is 10.9 Å². The zero-order valence-corrected chi connectivity index (χ0v) is 11.9. The first-order valence-corrected chi connectivity index (χ1v) is 6.94. The minimum atomic E-state index is -0.742. The van der Waals surface area contributed by atoms with E-state index in [-0.39, 0.29) is 19.1 Å². The van der Waals surface area contributed by atoms with E-state index in [4.69, 9.17) is 10.00 Å². The van der Waals surface area contributed by atoms with E-state index in [1.54, 1.807) is 11.4 Å². The average molecular weight is 282 g/mol. The number of nitrogens with one attached hydrogen (secondary N) is 1. The van der Waals surface area contributed by atoms with Gasteiger partial charge in [0.15, 0.2) is 0 Å². The van der Waals surface area contributed by atoms with Gasteiger partial charge >= 0.3 is 0 Å². The second-order valence-corrected chi connectivity index (χ2v) is 5.49. The molecule has 0 spiro atoms. The van der Waals surface area contributed by atoms with E-state index in [0.29, 0.717) is 23.0 Å². The monoisotopic (exact) mass is 282 g/mol. The number of carbonyl (C=O) groups excluding carboxylic acids is 1. The van der Waals surface area contributed by atoms with Gasteiger partial charge in [-0.25, -0.2) is 0 Å². The molecule has 2 N–H and O–H groups in total. The third-order valence-electron chi connectivity index (χ3n) is 2.25. The van der Waals surface area contributed by atoms with Crippen molar-refractivity contribution in [3.63, 3.8) is 0 Å². The van der Waals surface area contributed by atoms with Crippen molar-refractivity contribution in [3.05, 3.63) is 21.9 Å². The number of nitriles is 1. The summed E-state index contributed by atoms with van der Waals surface area (Å²) in [5, 5.41) is 22.7. The predicted molar refractivity (Wildman–Crippen MR) is 73.0 cm³/mol. The van der Waals surface area contributed by atoms with Crippen molar-refractivity contribution < 1.29 is 14.6 Å². The lowest BCUT2D eigenvalue weighted by Crippen LogP contribution is -2.34. The molecule has 1 unspecified atom stereocenters. The summed E-state index contributed by atoms with van der Waals surface area (Å²) in [6.07, 6.45) is -0.742. The molecule has 6 heteroatoms.